The zero-order valence-electron chi connectivity index (χ0n) is 14.5. The molecule has 0 unspecified atom stereocenters. The van der Waals surface area contributed by atoms with Crippen LogP contribution >= 0.6 is 34.7 Å². The molecule has 140 valence electrons. The topological polar surface area (TPSA) is 66.9 Å². The van der Waals surface area contributed by atoms with Crippen LogP contribution in [0.15, 0.2) is 40.7 Å². The summed E-state index contributed by atoms with van der Waals surface area (Å²) in [4.78, 5) is 12.0. The number of nitrogens with zero attached hydrogens (tertiary/aromatic N) is 2. The summed E-state index contributed by atoms with van der Waals surface area (Å²) in [5.41, 5.74) is 3.80. The molecule has 27 heavy (non-hydrogen) atoms. The minimum absolute atomic E-state index is 0.0355. The summed E-state index contributed by atoms with van der Waals surface area (Å²) in [6.45, 7) is 4.11. The zero-order chi connectivity index (χ0) is 19.4. The lowest BCUT2D eigenvalue weighted by molar-refractivity contribution is -0.113. The fraction of sp³-hybridized carbons (Fsp3) is 0.167. The van der Waals surface area contributed by atoms with E-state index in [1.807, 2.05) is 18.2 Å². The summed E-state index contributed by atoms with van der Waals surface area (Å²) < 4.78 is 13.8. The predicted octanol–water partition coefficient (Wildman–Crippen LogP) is 5.42. The number of amides is 1. The number of thioether (sulfide) groups is 1. The van der Waals surface area contributed by atoms with Gasteiger partial charge in [-0.3, -0.25) is 4.79 Å². The van der Waals surface area contributed by atoms with Crippen LogP contribution < -0.4 is 10.6 Å². The molecule has 0 spiro atoms. The standard InChI is InChI=1S/C18H16ClFN4OS2/c1-10-3-4-12(7-11(10)2)22-17-23-24-18(27-17)26-9-16(25)21-13-5-6-15(20)14(19)8-13/h3-8H,9H2,1-2H3,(H,21,25)(H,22,23). The van der Waals surface area contributed by atoms with Gasteiger partial charge in [0.2, 0.25) is 11.0 Å². The van der Waals surface area contributed by atoms with E-state index in [9.17, 15) is 9.18 Å². The largest absolute Gasteiger partial charge is 0.330 e. The Kier molecular flexibility index (Phi) is 6.30. The molecule has 5 nitrogen and oxygen atoms in total. The summed E-state index contributed by atoms with van der Waals surface area (Å²) in [5.74, 6) is -0.601. The van der Waals surface area contributed by atoms with E-state index in [2.05, 4.69) is 34.7 Å². The molecule has 0 saturated heterocycles. The van der Waals surface area contributed by atoms with Gasteiger partial charge in [-0.25, -0.2) is 4.39 Å². The molecular weight excluding hydrogens is 407 g/mol. The highest BCUT2D eigenvalue weighted by molar-refractivity contribution is 8.01. The lowest BCUT2D eigenvalue weighted by atomic mass is 10.1. The minimum Gasteiger partial charge on any atom is -0.330 e. The Morgan fingerprint density at radius 1 is 1.15 bits per heavy atom. The van der Waals surface area contributed by atoms with Crippen molar-refractivity contribution in [2.45, 2.75) is 18.2 Å². The molecule has 3 aromatic rings. The maximum Gasteiger partial charge on any atom is 0.234 e. The second kappa shape index (κ2) is 8.69. The van der Waals surface area contributed by atoms with Crippen molar-refractivity contribution in [2.24, 2.45) is 0 Å². The predicted molar refractivity (Wildman–Crippen MR) is 110 cm³/mol. The van der Waals surface area contributed by atoms with Crippen LogP contribution in [-0.2, 0) is 4.79 Å². The molecule has 2 aromatic carbocycles. The molecule has 3 rings (SSSR count). The molecule has 0 atom stereocenters. The fourth-order valence-electron chi connectivity index (χ4n) is 2.16. The Bertz CT molecular complexity index is 980. The number of carbonyl (C=O) groups is 1. The first-order chi connectivity index (χ1) is 12.9. The summed E-state index contributed by atoms with van der Waals surface area (Å²) >= 11 is 8.35. The molecule has 1 amide bonds. The summed E-state index contributed by atoms with van der Waals surface area (Å²) in [5, 5.41) is 14.7. The normalized spacial score (nSPS) is 10.7. The van der Waals surface area contributed by atoms with Gasteiger partial charge < -0.3 is 10.6 Å². The molecule has 0 bridgehead atoms. The van der Waals surface area contributed by atoms with Crippen LogP contribution in [0.3, 0.4) is 0 Å². The Labute approximate surface area is 169 Å². The molecule has 0 saturated carbocycles. The van der Waals surface area contributed by atoms with Gasteiger partial charge in [0, 0.05) is 11.4 Å². The number of hydrogen-bond acceptors (Lipinski definition) is 6. The van der Waals surface area contributed by atoms with Gasteiger partial charge in [-0.15, -0.1) is 10.2 Å². The van der Waals surface area contributed by atoms with Gasteiger partial charge in [-0.05, 0) is 55.3 Å². The molecule has 1 aromatic heterocycles. The number of benzene rings is 2. The number of nitrogens with one attached hydrogen (secondary N) is 2. The smallest absolute Gasteiger partial charge is 0.234 e. The summed E-state index contributed by atoms with van der Waals surface area (Å²) in [6.07, 6.45) is 0. The van der Waals surface area contributed by atoms with E-state index in [0.717, 1.165) is 5.69 Å². The van der Waals surface area contributed by atoms with Crippen LogP contribution in [0.1, 0.15) is 11.1 Å². The number of aromatic nitrogens is 2. The van der Waals surface area contributed by atoms with Crippen LogP contribution in [-0.4, -0.2) is 21.9 Å². The van der Waals surface area contributed by atoms with Crippen molar-refractivity contribution in [3.63, 3.8) is 0 Å². The second-order valence-electron chi connectivity index (χ2n) is 5.76. The van der Waals surface area contributed by atoms with E-state index in [-0.39, 0.29) is 16.7 Å². The van der Waals surface area contributed by atoms with Crippen molar-refractivity contribution in [1.82, 2.24) is 10.2 Å². The van der Waals surface area contributed by atoms with Crippen LogP contribution in [0.25, 0.3) is 0 Å². The maximum atomic E-state index is 13.1. The first kappa shape index (κ1) is 19.6. The second-order valence-corrected chi connectivity index (χ2v) is 8.37. The van der Waals surface area contributed by atoms with Gasteiger partial charge in [-0.1, -0.05) is 40.8 Å². The van der Waals surface area contributed by atoms with E-state index in [1.54, 1.807) is 0 Å². The van der Waals surface area contributed by atoms with E-state index < -0.39 is 5.82 Å². The van der Waals surface area contributed by atoms with Crippen molar-refractivity contribution < 1.29 is 9.18 Å². The van der Waals surface area contributed by atoms with Gasteiger partial charge in [-0.2, -0.15) is 0 Å². The highest BCUT2D eigenvalue weighted by atomic mass is 35.5. The fourth-order valence-corrected chi connectivity index (χ4v) is 3.91. The van der Waals surface area contributed by atoms with Crippen LogP contribution in [0, 0.1) is 19.7 Å². The third-order valence-electron chi connectivity index (χ3n) is 3.69. The van der Waals surface area contributed by atoms with Crippen LogP contribution in [0.5, 0.6) is 0 Å². The average Bonchev–Trinajstić information content (AvgIpc) is 3.07. The van der Waals surface area contributed by atoms with E-state index >= 15 is 0 Å². The van der Waals surface area contributed by atoms with Crippen LogP contribution in [0.4, 0.5) is 20.9 Å². The van der Waals surface area contributed by atoms with Crippen LogP contribution in [0.2, 0.25) is 5.02 Å². The summed E-state index contributed by atoms with van der Waals surface area (Å²) in [7, 11) is 0. The van der Waals surface area contributed by atoms with Crippen molar-refractivity contribution >= 4 is 57.1 Å². The lowest BCUT2D eigenvalue weighted by Crippen LogP contribution is -2.13. The molecule has 0 aliphatic carbocycles. The van der Waals surface area contributed by atoms with E-state index in [1.165, 1.54) is 52.4 Å². The minimum atomic E-state index is -0.526. The number of hydrogen-bond donors (Lipinski definition) is 2. The molecule has 9 heteroatoms. The van der Waals surface area contributed by atoms with Crippen molar-refractivity contribution in [1.29, 1.82) is 0 Å². The zero-order valence-corrected chi connectivity index (χ0v) is 16.9. The third-order valence-corrected chi connectivity index (χ3v) is 5.96. The number of aryl methyl sites for hydroxylation is 2. The molecular formula is C18H16ClFN4OS2. The Balaban J connectivity index is 1.53. The SMILES string of the molecule is Cc1ccc(Nc2nnc(SCC(=O)Nc3ccc(F)c(Cl)c3)s2)cc1C. The molecule has 0 aliphatic rings. The quantitative estimate of drug-likeness (QED) is 0.519. The lowest BCUT2D eigenvalue weighted by Gasteiger charge is -2.05. The van der Waals surface area contributed by atoms with E-state index in [0.29, 0.717) is 15.2 Å². The van der Waals surface area contributed by atoms with Crippen molar-refractivity contribution in [3.8, 4) is 0 Å². The Morgan fingerprint density at radius 2 is 1.93 bits per heavy atom. The van der Waals surface area contributed by atoms with Gasteiger partial charge in [0.05, 0.1) is 10.8 Å². The van der Waals surface area contributed by atoms with Crippen molar-refractivity contribution in [3.05, 3.63) is 58.4 Å². The molecule has 1 heterocycles. The summed E-state index contributed by atoms with van der Waals surface area (Å²) in [6, 6.07) is 10.1. The number of rotatable bonds is 6. The highest BCUT2D eigenvalue weighted by Gasteiger charge is 2.10. The molecule has 0 fully saturated rings. The Morgan fingerprint density at radius 3 is 2.67 bits per heavy atom. The third kappa shape index (κ3) is 5.41. The van der Waals surface area contributed by atoms with E-state index in [4.69, 9.17) is 11.6 Å². The van der Waals surface area contributed by atoms with Gasteiger partial charge in [0.25, 0.3) is 0 Å². The number of halogens is 2. The van der Waals surface area contributed by atoms with Gasteiger partial charge >= 0.3 is 0 Å². The van der Waals surface area contributed by atoms with Crippen molar-refractivity contribution in [2.75, 3.05) is 16.4 Å². The first-order valence-electron chi connectivity index (χ1n) is 7.96. The number of anilines is 3. The van der Waals surface area contributed by atoms with Gasteiger partial charge in [0.15, 0.2) is 4.34 Å². The Hall–Kier alpha value is -2.16. The highest BCUT2D eigenvalue weighted by Crippen LogP contribution is 2.28. The maximum absolute atomic E-state index is 13.1. The van der Waals surface area contributed by atoms with Gasteiger partial charge in [0.1, 0.15) is 5.82 Å². The first-order valence-corrected chi connectivity index (χ1v) is 10.1. The monoisotopic (exact) mass is 422 g/mol. The molecule has 2 N–H and O–H groups in total. The number of carbonyl (C=O) groups excluding carboxylic acids is 1. The molecule has 0 aliphatic heterocycles. The average molecular weight is 423 g/mol. The molecule has 0 radical (unpaired) electrons.